The van der Waals surface area contributed by atoms with E-state index in [1.807, 2.05) is 0 Å². The van der Waals surface area contributed by atoms with Crippen LogP contribution in [0.15, 0.2) is 14.4 Å². The number of imidazole rings is 1. The first-order chi connectivity index (χ1) is 7.60. The molecule has 2 aromatic heterocycles. The zero-order valence-corrected chi connectivity index (χ0v) is 9.03. The van der Waals surface area contributed by atoms with Crippen molar-refractivity contribution >= 4 is 11.2 Å². The number of hydrogen-bond donors (Lipinski definition) is 2. The molecule has 0 atom stereocenters. The van der Waals surface area contributed by atoms with E-state index in [0.29, 0.717) is 6.54 Å². The molecule has 0 aliphatic rings. The summed E-state index contributed by atoms with van der Waals surface area (Å²) in [4.78, 5) is 39.7. The van der Waals surface area contributed by atoms with Gasteiger partial charge in [0.2, 0.25) is 0 Å². The molecule has 7 nitrogen and oxygen atoms in total. The minimum absolute atomic E-state index is 0.147. The molecule has 0 saturated heterocycles. The van der Waals surface area contributed by atoms with Crippen LogP contribution in [0.4, 0.5) is 0 Å². The minimum atomic E-state index is -0.484. The highest BCUT2D eigenvalue weighted by molar-refractivity contribution is 5.68. The predicted molar refractivity (Wildman–Crippen MR) is 58.8 cm³/mol. The van der Waals surface area contributed by atoms with Crippen molar-refractivity contribution in [3.8, 4) is 0 Å². The fraction of sp³-hybridized carbons (Fsp3) is 0.444. The maximum absolute atomic E-state index is 11.9. The van der Waals surface area contributed by atoms with E-state index in [1.54, 1.807) is 13.8 Å². The van der Waals surface area contributed by atoms with Crippen LogP contribution in [0.25, 0.3) is 11.2 Å². The van der Waals surface area contributed by atoms with Gasteiger partial charge < -0.3 is 0 Å². The second-order valence-corrected chi connectivity index (χ2v) is 3.38. The van der Waals surface area contributed by atoms with Gasteiger partial charge in [0.25, 0.3) is 5.56 Å². The quantitative estimate of drug-likeness (QED) is 0.700. The summed E-state index contributed by atoms with van der Waals surface area (Å²) >= 11 is 0. The number of hydrogen-bond acceptors (Lipinski definition) is 3. The lowest BCUT2D eigenvalue weighted by atomic mass is 10.5. The van der Waals surface area contributed by atoms with Crippen LogP contribution in [-0.2, 0) is 13.1 Å². The highest BCUT2D eigenvalue weighted by Crippen LogP contribution is 1.97. The van der Waals surface area contributed by atoms with E-state index in [-0.39, 0.29) is 17.7 Å². The summed E-state index contributed by atoms with van der Waals surface area (Å²) in [5, 5.41) is 0. The number of rotatable bonds is 2. The van der Waals surface area contributed by atoms with Gasteiger partial charge in [0.15, 0.2) is 5.52 Å². The van der Waals surface area contributed by atoms with E-state index < -0.39 is 16.9 Å². The molecule has 0 saturated carbocycles. The lowest BCUT2D eigenvalue weighted by molar-refractivity contribution is 0.605. The van der Waals surface area contributed by atoms with Gasteiger partial charge in [0.1, 0.15) is 5.65 Å². The Morgan fingerprint density at radius 1 is 1.00 bits per heavy atom. The first-order valence-electron chi connectivity index (χ1n) is 5.05. The van der Waals surface area contributed by atoms with Gasteiger partial charge in [-0.15, -0.1) is 0 Å². The predicted octanol–water partition coefficient (Wildman–Crippen LogP) is -0.781. The molecule has 0 spiro atoms. The van der Waals surface area contributed by atoms with Crippen molar-refractivity contribution in [1.82, 2.24) is 19.1 Å². The SMILES string of the molecule is CCn1c(=O)c2[nH]c(=O)[nH]c2n(CC)c1=O. The number of aromatic amines is 2. The Bertz CT molecular complexity index is 700. The van der Waals surface area contributed by atoms with Crippen molar-refractivity contribution in [2.45, 2.75) is 26.9 Å². The lowest BCUT2D eigenvalue weighted by Gasteiger charge is -2.07. The van der Waals surface area contributed by atoms with E-state index in [1.165, 1.54) is 4.57 Å². The summed E-state index contributed by atoms with van der Waals surface area (Å²) in [6, 6.07) is 0. The summed E-state index contributed by atoms with van der Waals surface area (Å²) in [5.41, 5.74) is -0.952. The molecule has 0 fully saturated rings. The third kappa shape index (κ3) is 1.24. The number of nitrogens with one attached hydrogen (secondary N) is 2. The fourth-order valence-electron chi connectivity index (χ4n) is 1.77. The Morgan fingerprint density at radius 2 is 1.62 bits per heavy atom. The van der Waals surface area contributed by atoms with Gasteiger partial charge in [-0.25, -0.2) is 9.59 Å². The van der Waals surface area contributed by atoms with Crippen molar-refractivity contribution < 1.29 is 0 Å². The highest BCUT2D eigenvalue weighted by atomic mass is 16.2. The van der Waals surface area contributed by atoms with Crippen LogP contribution in [0.2, 0.25) is 0 Å². The smallest absolute Gasteiger partial charge is 0.300 e. The summed E-state index contributed by atoms with van der Waals surface area (Å²) in [5.74, 6) is 0. The van der Waals surface area contributed by atoms with Crippen molar-refractivity contribution in [1.29, 1.82) is 0 Å². The van der Waals surface area contributed by atoms with Crippen LogP contribution in [0.5, 0.6) is 0 Å². The number of nitrogens with zero attached hydrogens (tertiary/aromatic N) is 2. The molecule has 2 N–H and O–H groups in total. The molecule has 0 bridgehead atoms. The van der Waals surface area contributed by atoms with Gasteiger partial charge in [0.05, 0.1) is 0 Å². The largest absolute Gasteiger partial charge is 0.332 e. The van der Waals surface area contributed by atoms with Crippen molar-refractivity contribution in [3.05, 3.63) is 31.3 Å². The molecular weight excluding hydrogens is 212 g/mol. The molecule has 0 aliphatic heterocycles. The zero-order chi connectivity index (χ0) is 11.9. The topological polar surface area (TPSA) is 92.7 Å². The number of fused-ring (bicyclic) bond motifs is 1. The molecule has 0 aliphatic carbocycles. The van der Waals surface area contributed by atoms with Gasteiger partial charge in [-0.05, 0) is 13.8 Å². The molecule has 2 aromatic rings. The molecule has 0 amide bonds. The van der Waals surface area contributed by atoms with Gasteiger partial charge >= 0.3 is 11.4 Å². The van der Waals surface area contributed by atoms with Crippen LogP contribution in [0, 0.1) is 0 Å². The summed E-state index contributed by atoms with van der Waals surface area (Å²) < 4.78 is 2.45. The maximum atomic E-state index is 11.9. The van der Waals surface area contributed by atoms with Crippen LogP contribution >= 0.6 is 0 Å². The average Bonchev–Trinajstić information content (AvgIpc) is 2.62. The van der Waals surface area contributed by atoms with Gasteiger partial charge in [-0.2, -0.15) is 0 Å². The lowest BCUT2D eigenvalue weighted by Crippen LogP contribution is -2.39. The van der Waals surface area contributed by atoms with Gasteiger partial charge in [0, 0.05) is 13.1 Å². The molecule has 7 heteroatoms. The normalized spacial score (nSPS) is 11.1. The van der Waals surface area contributed by atoms with Gasteiger partial charge in [-0.1, -0.05) is 0 Å². The van der Waals surface area contributed by atoms with Crippen LogP contribution in [0.3, 0.4) is 0 Å². The van der Waals surface area contributed by atoms with E-state index in [9.17, 15) is 14.4 Å². The van der Waals surface area contributed by atoms with Crippen molar-refractivity contribution in [2.24, 2.45) is 0 Å². The second kappa shape index (κ2) is 3.51. The van der Waals surface area contributed by atoms with E-state index in [0.717, 1.165) is 4.57 Å². The minimum Gasteiger partial charge on any atom is -0.300 e. The summed E-state index contributed by atoms with van der Waals surface area (Å²) in [6.07, 6.45) is 0. The maximum Gasteiger partial charge on any atom is 0.332 e. The Morgan fingerprint density at radius 3 is 2.19 bits per heavy atom. The van der Waals surface area contributed by atoms with Crippen molar-refractivity contribution in [2.75, 3.05) is 0 Å². The van der Waals surface area contributed by atoms with Crippen molar-refractivity contribution in [3.63, 3.8) is 0 Å². The fourth-order valence-corrected chi connectivity index (χ4v) is 1.77. The number of H-pyrrole nitrogens is 2. The molecule has 0 unspecified atom stereocenters. The molecule has 2 rings (SSSR count). The highest BCUT2D eigenvalue weighted by Gasteiger charge is 2.13. The Balaban J connectivity index is 3.11. The zero-order valence-electron chi connectivity index (χ0n) is 9.03. The van der Waals surface area contributed by atoms with Crippen LogP contribution < -0.4 is 16.9 Å². The monoisotopic (exact) mass is 224 g/mol. The third-order valence-corrected chi connectivity index (χ3v) is 2.53. The Hall–Kier alpha value is -2.05. The molecule has 0 radical (unpaired) electrons. The number of aryl methyl sites for hydroxylation is 1. The third-order valence-electron chi connectivity index (χ3n) is 2.53. The second-order valence-electron chi connectivity index (χ2n) is 3.38. The number of aromatic nitrogens is 4. The van der Waals surface area contributed by atoms with Crippen LogP contribution in [0.1, 0.15) is 13.8 Å². The molecule has 16 heavy (non-hydrogen) atoms. The van der Waals surface area contributed by atoms with E-state index >= 15 is 0 Å². The van der Waals surface area contributed by atoms with Gasteiger partial charge in [-0.3, -0.25) is 23.9 Å². The summed E-state index contributed by atoms with van der Waals surface area (Å²) in [7, 11) is 0. The van der Waals surface area contributed by atoms with E-state index in [4.69, 9.17) is 0 Å². The van der Waals surface area contributed by atoms with E-state index in [2.05, 4.69) is 9.97 Å². The summed E-state index contributed by atoms with van der Waals surface area (Å²) in [6.45, 7) is 4.15. The molecular formula is C9H12N4O3. The first kappa shape index (κ1) is 10.5. The molecule has 2 heterocycles. The standard InChI is InChI=1S/C9H12N4O3/c1-3-12-6-5(10-8(15)11-6)7(14)13(4-2)9(12)16/h3-4H2,1-2H3,(H2,10,11,15). The molecule has 0 aromatic carbocycles. The van der Waals surface area contributed by atoms with Crippen LogP contribution in [-0.4, -0.2) is 19.1 Å². The Labute approximate surface area is 89.3 Å². The first-order valence-corrected chi connectivity index (χ1v) is 5.05. The average molecular weight is 224 g/mol. The Kier molecular flexibility index (Phi) is 2.30. The molecule has 86 valence electrons.